The summed E-state index contributed by atoms with van der Waals surface area (Å²) in [5.74, 6) is 1.27. The van der Waals surface area contributed by atoms with E-state index >= 15 is 0 Å². The lowest BCUT2D eigenvalue weighted by molar-refractivity contribution is 0.0780. The molecule has 2 aliphatic rings. The van der Waals surface area contributed by atoms with Gasteiger partial charge in [0.1, 0.15) is 10.7 Å². The van der Waals surface area contributed by atoms with Gasteiger partial charge in [0.05, 0.1) is 12.7 Å². The van der Waals surface area contributed by atoms with Crippen molar-refractivity contribution in [2.75, 3.05) is 30.4 Å². The van der Waals surface area contributed by atoms with E-state index in [0.717, 1.165) is 48.7 Å². The van der Waals surface area contributed by atoms with Gasteiger partial charge in [0.25, 0.3) is 11.8 Å². The van der Waals surface area contributed by atoms with Gasteiger partial charge in [-0.3, -0.25) is 9.59 Å². The van der Waals surface area contributed by atoms with E-state index in [-0.39, 0.29) is 11.8 Å². The van der Waals surface area contributed by atoms with Gasteiger partial charge in [0.15, 0.2) is 9.73 Å². The number of fused-ring (bicyclic) bond motifs is 2. The third kappa shape index (κ3) is 3.22. The molecule has 0 fully saturated rings. The number of nitrogens with one attached hydrogen (secondary N) is 1. The molecule has 1 aromatic carbocycles. The van der Waals surface area contributed by atoms with Crippen molar-refractivity contribution in [3.8, 4) is 0 Å². The lowest BCUT2D eigenvalue weighted by atomic mass is 9.98. The van der Waals surface area contributed by atoms with Gasteiger partial charge in [0.2, 0.25) is 0 Å². The van der Waals surface area contributed by atoms with Gasteiger partial charge < -0.3 is 15.1 Å². The van der Waals surface area contributed by atoms with Crippen LogP contribution in [-0.2, 0) is 13.0 Å². The predicted octanol–water partition coefficient (Wildman–Crippen LogP) is 3.13. The lowest BCUT2D eigenvalue weighted by Gasteiger charge is -2.26. The number of halogens is 1. The fourth-order valence-corrected chi connectivity index (χ4v) is 4.88. The van der Waals surface area contributed by atoms with Crippen LogP contribution in [-0.4, -0.2) is 51.6 Å². The van der Waals surface area contributed by atoms with E-state index in [4.69, 9.17) is 0 Å². The number of nitrogens with zero attached hydrogens (tertiary/aromatic N) is 5. The summed E-state index contributed by atoms with van der Waals surface area (Å²) >= 11 is 4.54. The van der Waals surface area contributed by atoms with E-state index in [9.17, 15) is 9.59 Å². The highest BCUT2D eigenvalue weighted by Gasteiger charge is 2.27. The lowest BCUT2D eigenvalue weighted by Crippen LogP contribution is -2.34. The molecule has 1 N–H and O–H groups in total. The fraction of sp³-hybridized carbons (Fsp3) is 0.263. The summed E-state index contributed by atoms with van der Waals surface area (Å²) in [6.45, 7) is 2.26. The Hall–Kier alpha value is -2.72. The Balaban J connectivity index is 1.39. The number of thiazole rings is 1. The zero-order chi connectivity index (χ0) is 20.1. The predicted molar refractivity (Wildman–Crippen MR) is 114 cm³/mol. The molecule has 2 aromatic heterocycles. The van der Waals surface area contributed by atoms with Crippen molar-refractivity contribution in [2.24, 2.45) is 0 Å². The first-order chi connectivity index (χ1) is 14.0. The second-order valence-corrected chi connectivity index (χ2v) is 9.32. The van der Waals surface area contributed by atoms with Crippen molar-refractivity contribution < 1.29 is 9.59 Å². The van der Waals surface area contributed by atoms with Crippen molar-refractivity contribution in [3.63, 3.8) is 0 Å². The van der Waals surface area contributed by atoms with Crippen molar-refractivity contribution in [3.05, 3.63) is 50.4 Å². The summed E-state index contributed by atoms with van der Waals surface area (Å²) in [6.07, 6.45) is 2.39. The summed E-state index contributed by atoms with van der Waals surface area (Å²) in [5.41, 5.74) is 2.88. The van der Waals surface area contributed by atoms with Crippen molar-refractivity contribution in [1.82, 2.24) is 19.7 Å². The van der Waals surface area contributed by atoms with Crippen LogP contribution in [0.15, 0.2) is 34.4 Å². The molecule has 3 aromatic rings. The molecule has 29 heavy (non-hydrogen) atoms. The van der Waals surface area contributed by atoms with Crippen LogP contribution in [0, 0.1) is 0 Å². The summed E-state index contributed by atoms with van der Waals surface area (Å²) < 4.78 is 2.55. The van der Waals surface area contributed by atoms with Gasteiger partial charge in [-0.2, -0.15) is 5.10 Å². The van der Waals surface area contributed by atoms with Crippen LogP contribution in [0.5, 0.6) is 0 Å². The maximum Gasteiger partial charge on any atom is 0.268 e. The molecule has 5 rings (SSSR count). The molecule has 10 heteroatoms. The monoisotopic (exact) mass is 472 g/mol. The minimum absolute atomic E-state index is 0.0731. The Morgan fingerprint density at radius 3 is 2.90 bits per heavy atom. The third-order valence-electron chi connectivity index (χ3n) is 5.21. The minimum atomic E-state index is -0.229. The van der Waals surface area contributed by atoms with Gasteiger partial charge in [-0.25, -0.2) is 9.67 Å². The first-order valence-corrected chi connectivity index (χ1v) is 10.8. The molecule has 2 amide bonds. The Kier molecular flexibility index (Phi) is 4.39. The quantitative estimate of drug-likeness (QED) is 0.632. The molecule has 148 valence electrons. The molecule has 0 spiro atoms. The molecule has 0 atom stereocenters. The first-order valence-electron chi connectivity index (χ1n) is 9.16. The largest absolute Gasteiger partial charge is 0.341 e. The molecule has 4 heterocycles. The van der Waals surface area contributed by atoms with Crippen LogP contribution in [0.2, 0.25) is 0 Å². The molecule has 0 bridgehead atoms. The maximum absolute atomic E-state index is 12.4. The van der Waals surface area contributed by atoms with Crippen LogP contribution < -0.4 is 10.2 Å². The summed E-state index contributed by atoms with van der Waals surface area (Å²) in [7, 11) is 1.83. The highest BCUT2D eigenvalue weighted by atomic mass is 79.9. The van der Waals surface area contributed by atoms with E-state index < -0.39 is 0 Å². The third-order valence-corrected chi connectivity index (χ3v) is 6.68. The molecule has 0 unspecified atom stereocenters. The van der Waals surface area contributed by atoms with E-state index in [2.05, 4.69) is 42.3 Å². The number of anilines is 3. The molecule has 2 aliphatic heterocycles. The molecule has 0 aliphatic carbocycles. The van der Waals surface area contributed by atoms with Crippen molar-refractivity contribution in [2.45, 2.75) is 13.0 Å². The van der Waals surface area contributed by atoms with Gasteiger partial charge in [-0.05, 0) is 46.1 Å². The standard InChI is InChI=1S/C19H17BrN6O2S/c1-24-5-4-11-8-12(2-3-13(11)18(24)28)25-6-7-26-16(25)9-15(23-26)22-17(27)14-10-21-19(20)29-14/h2-3,8-10H,4-7H2,1H3,(H,22,23,27). The van der Waals surface area contributed by atoms with Crippen LogP contribution in [0.4, 0.5) is 17.3 Å². The SMILES string of the molecule is CN1CCc2cc(N3CCn4nc(NC(=O)c5cnc(Br)s5)cc43)ccc2C1=O. The smallest absolute Gasteiger partial charge is 0.268 e. The molecule has 0 saturated heterocycles. The zero-order valence-electron chi connectivity index (χ0n) is 15.6. The number of benzene rings is 1. The van der Waals surface area contributed by atoms with Crippen LogP contribution in [0.1, 0.15) is 25.6 Å². The first kappa shape index (κ1) is 18.3. The average Bonchev–Trinajstić information content (AvgIpc) is 3.40. The van der Waals surface area contributed by atoms with Gasteiger partial charge in [0, 0.05) is 37.5 Å². The Bertz CT molecular complexity index is 1140. The fourth-order valence-electron chi connectivity index (χ4n) is 3.72. The van der Waals surface area contributed by atoms with Crippen molar-refractivity contribution in [1.29, 1.82) is 0 Å². The minimum Gasteiger partial charge on any atom is -0.341 e. The number of amides is 2. The Morgan fingerprint density at radius 2 is 2.10 bits per heavy atom. The number of carbonyl (C=O) groups excluding carboxylic acids is 2. The molecule has 8 nitrogen and oxygen atoms in total. The zero-order valence-corrected chi connectivity index (χ0v) is 18.0. The molecular weight excluding hydrogens is 456 g/mol. The Morgan fingerprint density at radius 1 is 1.24 bits per heavy atom. The molecule has 0 radical (unpaired) electrons. The second kappa shape index (κ2) is 6.96. The topological polar surface area (TPSA) is 83.4 Å². The number of rotatable bonds is 3. The second-order valence-electron chi connectivity index (χ2n) is 7.01. The number of aromatic nitrogens is 3. The normalized spacial score (nSPS) is 15.4. The number of hydrogen-bond donors (Lipinski definition) is 1. The van der Waals surface area contributed by atoms with E-state index in [1.54, 1.807) is 4.90 Å². The van der Waals surface area contributed by atoms with Crippen molar-refractivity contribution >= 4 is 56.4 Å². The maximum atomic E-state index is 12.4. The summed E-state index contributed by atoms with van der Waals surface area (Å²) in [5, 5.41) is 7.34. The Labute approximate surface area is 179 Å². The number of hydrogen-bond acceptors (Lipinski definition) is 6. The molecular formula is C19H17BrN6O2S. The van der Waals surface area contributed by atoms with Crippen LogP contribution in [0.25, 0.3) is 0 Å². The molecule has 0 saturated carbocycles. The summed E-state index contributed by atoms with van der Waals surface area (Å²) in [6, 6.07) is 7.85. The van der Waals surface area contributed by atoms with Gasteiger partial charge in [-0.1, -0.05) is 0 Å². The summed E-state index contributed by atoms with van der Waals surface area (Å²) in [4.78, 5) is 33.2. The number of carbonyl (C=O) groups is 2. The number of likely N-dealkylation sites (N-methyl/N-ethyl adjacent to an activating group) is 1. The van der Waals surface area contributed by atoms with E-state index in [0.29, 0.717) is 14.6 Å². The highest BCUT2D eigenvalue weighted by Crippen LogP contribution is 2.34. The highest BCUT2D eigenvalue weighted by molar-refractivity contribution is 9.11. The van der Waals surface area contributed by atoms with Crippen LogP contribution >= 0.6 is 27.3 Å². The van der Waals surface area contributed by atoms with E-state index in [1.807, 2.05) is 29.9 Å². The van der Waals surface area contributed by atoms with E-state index in [1.165, 1.54) is 17.5 Å². The van der Waals surface area contributed by atoms with Gasteiger partial charge >= 0.3 is 0 Å². The average molecular weight is 473 g/mol. The van der Waals surface area contributed by atoms with Gasteiger partial charge in [-0.15, -0.1) is 11.3 Å². The van der Waals surface area contributed by atoms with Crippen LogP contribution in [0.3, 0.4) is 0 Å².